The van der Waals surface area contributed by atoms with E-state index in [2.05, 4.69) is 15.4 Å². The van der Waals surface area contributed by atoms with Crippen molar-refractivity contribution in [3.05, 3.63) is 17.9 Å². The van der Waals surface area contributed by atoms with Gasteiger partial charge in [-0.3, -0.25) is 0 Å². The zero-order chi connectivity index (χ0) is 6.97. The van der Waals surface area contributed by atoms with Crippen LogP contribution < -0.4 is 0 Å². The van der Waals surface area contributed by atoms with Gasteiger partial charge in [0.2, 0.25) is 0 Å². The van der Waals surface area contributed by atoms with Crippen LogP contribution in [-0.4, -0.2) is 15.4 Å². The van der Waals surface area contributed by atoms with E-state index in [-0.39, 0.29) is 0 Å². The summed E-state index contributed by atoms with van der Waals surface area (Å²) < 4.78 is 5.00. The van der Waals surface area contributed by atoms with Crippen molar-refractivity contribution in [2.24, 2.45) is 0 Å². The van der Waals surface area contributed by atoms with Crippen LogP contribution in [0, 0.1) is 6.92 Å². The van der Waals surface area contributed by atoms with Crippen LogP contribution in [0.5, 0.6) is 0 Å². The van der Waals surface area contributed by atoms with Crippen molar-refractivity contribution >= 4 is 0 Å². The quantitative estimate of drug-likeness (QED) is 0.538. The van der Waals surface area contributed by atoms with Gasteiger partial charge in [0.1, 0.15) is 0 Å². The number of rotatable bonds is 0. The Bertz CT molecular complexity index is 317. The van der Waals surface area contributed by atoms with Gasteiger partial charge < -0.3 is 4.42 Å². The van der Waals surface area contributed by atoms with E-state index in [9.17, 15) is 0 Å². The van der Waals surface area contributed by atoms with Gasteiger partial charge in [-0.05, 0) is 23.8 Å². The monoisotopic (exact) mass is 135 g/mol. The summed E-state index contributed by atoms with van der Waals surface area (Å²) >= 11 is 0. The molecule has 4 heteroatoms. The predicted molar refractivity (Wildman–Crippen MR) is 33.5 cm³/mol. The van der Waals surface area contributed by atoms with Crippen LogP contribution in [0.3, 0.4) is 0 Å². The topological polar surface area (TPSA) is 51.8 Å². The fourth-order valence-corrected chi connectivity index (χ4v) is 0.804. The molecule has 2 rings (SSSR count). The van der Waals surface area contributed by atoms with Gasteiger partial charge in [-0.1, -0.05) is 5.10 Å². The van der Waals surface area contributed by atoms with E-state index >= 15 is 0 Å². The normalized spacial score (nSPS) is 10.5. The summed E-state index contributed by atoms with van der Waals surface area (Å²) in [6, 6.07) is 1.83. The minimum atomic E-state index is 0.500. The number of aryl methyl sites for hydroxylation is 1. The summed E-state index contributed by atoms with van der Waals surface area (Å²) in [4.78, 5) is 0. The number of fused-ring (bicyclic) bond motifs is 1. The number of aromatic nitrogens is 3. The molecule has 0 bridgehead atoms. The van der Waals surface area contributed by atoms with Gasteiger partial charge in [-0.15, -0.1) is 5.10 Å². The van der Waals surface area contributed by atoms with Gasteiger partial charge in [0.15, 0.2) is 5.69 Å². The van der Waals surface area contributed by atoms with Gasteiger partial charge in [-0.2, -0.15) is 0 Å². The van der Waals surface area contributed by atoms with E-state index in [1.807, 2.05) is 13.0 Å². The van der Waals surface area contributed by atoms with Crippen molar-refractivity contribution in [3.8, 4) is 11.6 Å². The first-order valence-electron chi connectivity index (χ1n) is 2.91. The molecule has 0 saturated carbocycles. The third-order valence-corrected chi connectivity index (χ3v) is 1.35. The third-order valence-electron chi connectivity index (χ3n) is 1.35. The average molecular weight is 135 g/mol. The molecule has 0 saturated heterocycles. The molecule has 50 valence electrons. The Balaban J connectivity index is 2.80. The molecule has 0 N–H and O–H groups in total. The molecule has 2 aliphatic rings. The molecule has 0 aromatic rings. The lowest BCUT2D eigenvalue weighted by atomic mass is 10.2. The van der Waals surface area contributed by atoms with E-state index < -0.39 is 0 Å². The molecular formula is C6H5N3O. The standard InChI is InChI=1S/C6H5N3O/c1-4-2-3-10-6-5(4)7-9-8-6/h2-3H,1H3. The van der Waals surface area contributed by atoms with Crippen LogP contribution in [-0.2, 0) is 0 Å². The lowest BCUT2D eigenvalue weighted by Gasteiger charge is -1.93. The second-order valence-electron chi connectivity index (χ2n) is 2.05. The minimum Gasteiger partial charge on any atom is -0.444 e. The van der Waals surface area contributed by atoms with E-state index in [4.69, 9.17) is 4.42 Å². The summed E-state index contributed by atoms with van der Waals surface area (Å²) in [6.07, 6.45) is 1.58. The zero-order valence-electron chi connectivity index (χ0n) is 5.40. The molecule has 0 unspecified atom stereocenters. The molecule has 0 amide bonds. The van der Waals surface area contributed by atoms with Crippen LogP contribution in [0.25, 0.3) is 11.6 Å². The van der Waals surface area contributed by atoms with Gasteiger partial charge >= 0.3 is 0 Å². The molecule has 0 spiro atoms. The summed E-state index contributed by atoms with van der Waals surface area (Å²) in [5, 5.41) is 10.9. The maximum atomic E-state index is 5.00. The number of hydrogen-bond donors (Lipinski definition) is 0. The Hall–Kier alpha value is -1.45. The summed E-state index contributed by atoms with van der Waals surface area (Å²) in [7, 11) is 0. The Morgan fingerprint density at radius 2 is 2.30 bits per heavy atom. The highest BCUT2D eigenvalue weighted by atomic mass is 16.3. The largest absolute Gasteiger partial charge is 0.444 e. The van der Waals surface area contributed by atoms with E-state index in [0.717, 1.165) is 11.3 Å². The number of nitrogens with zero attached hydrogens (tertiary/aromatic N) is 3. The molecule has 0 aromatic carbocycles. The summed E-state index contributed by atoms with van der Waals surface area (Å²) in [5.41, 5.74) is 1.77. The Labute approximate surface area is 57.2 Å². The zero-order valence-corrected chi connectivity index (χ0v) is 5.40. The fraction of sp³-hybridized carbons (Fsp3) is 0.167. The van der Waals surface area contributed by atoms with Crippen LogP contribution >= 0.6 is 0 Å². The van der Waals surface area contributed by atoms with E-state index in [0.29, 0.717) is 5.89 Å². The highest BCUT2D eigenvalue weighted by Gasteiger charge is 2.10. The van der Waals surface area contributed by atoms with Crippen LogP contribution in [0.15, 0.2) is 16.7 Å². The van der Waals surface area contributed by atoms with Gasteiger partial charge in [0, 0.05) is 0 Å². The van der Waals surface area contributed by atoms with Crippen LogP contribution in [0.1, 0.15) is 5.56 Å². The predicted octanol–water partition coefficient (Wildman–Crippen LogP) is 0.878. The first-order chi connectivity index (χ1) is 4.88. The molecule has 10 heavy (non-hydrogen) atoms. The highest BCUT2D eigenvalue weighted by molar-refractivity contribution is 5.51. The van der Waals surface area contributed by atoms with Crippen molar-refractivity contribution < 1.29 is 4.42 Å². The van der Waals surface area contributed by atoms with E-state index in [1.165, 1.54) is 0 Å². The lowest BCUT2D eigenvalue weighted by Crippen LogP contribution is -1.81. The summed E-state index contributed by atoms with van der Waals surface area (Å²) in [5.74, 6) is 0.500. The van der Waals surface area contributed by atoms with Crippen molar-refractivity contribution in [3.63, 3.8) is 0 Å². The van der Waals surface area contributed by atoms with Crippen LogP contribution in [0.2, 0.25) is 0 Å². The Morgan fingerprint density at radius 1 is 1.40 bits per heavy atom. The second kappa shape index (κ2) is 1.76. The molecule has 0 radical (unpaired) electrons. The fourth-order valence-electron chi connectivity index (χ4n) is 0.804. The van der Waals surface area contributed by atoms with Crippen LogP contribution in [0.4, 0.5) is 0 Å². The first-order valence-corrected chi connectivity index (χ1v) is 2.91. The molecule has 0 fully saturated rings. The maximum absolute atomic E-state index is 5.00. The maximum Gasteiger partial charge on any atom is 0.268 e. The second-order valence-corrected chi connectivity index (χ2v) is 2.05. The minimum absolute atomic E-state index is 0.500. The number of hydrogen-bond acceptors (Lipinski definition) is 4. The molecular weight excluding hydrogens is 130 g/mol. The van der Waals surface area contributed by atoms with Gasteiger partial charge in [-0.25, -0.2) is 0 Å². The molecule has 0 atom stereocenters. The van der Waals surface area contributed by atoms with E-state index in [1.54, 1.807) is 6.26 Å². The molecule has 2 aliphatic heterocycles. The van der Waals surface area contributed by atoms with Crippen molar-refractivity contribution in [1.82, 2.24) is 15.4 Å². The lowest BCUT2D eigenvalue weighted by molar-refractivity contribution is 0.545. The molecule has 4 nitrogen and oxygen atoms in total. The first kappa shape index (κ1) is 5.34. The Morgan fingerprint density at radius 3 is 3.10 bits per heavy atom. The molecule has 2 heterocycles. The summed E-state index contributed by atoms with van der Waals surface area (Å²) in [6.45, 7) is 1.94. The Kier molecular flexibility index (Phi) is 0.943. The molecule has 0 aromatic heterocycles. The van der Waals surface area contributed by atoms with Gasteiger partial charge in [0.25, 0.3) is 5.89 Å². The van der Waals surface area contributed by atoms with Crippen molar-refractivity contribution in [2.45, 2.75) is 6.92 Å². The SMILES string of the molecule is Cc1ccoc2nnnc1-2. The van der Waals surface area contributed by atoms with Crippen molar-refractivity contribution in [2.75, 3.05) is 0 Å². The third kappa shape index (κ3) is 0.586. The van der Waals surface area contributed by atoms with Gasteiger partial charge in [0.05, 0.1) is 6.26 Å². The molecule has 0 aliphatic carbocycles. The average Bonchev–Trinajstić information content (AvgIpc) is 2.36. The smallest absolute Gasteiger partial charge is 0.268 e. The highest BCUT2D eigenvalue weighted by Crippen LogP contribution is 2.18. The van der Waals surface area contributed by atoms with Crippen molar-refractivity contribution in [1.29, 1.82) is 0 Å².